The van der Waals surface area contributed by atoms with Crippen molar-refractivity contribution in [1.29, 1.82) is 0 Å². The molecule has 5 nitrogen and oxygen atoms in total. The van der Waals surface area contributed by atoms with Crippen LogP contribution in [0.1, 0.15) is 52.6 Å². The first-order valence-electron chi connectivity index (χ1n) is 11.8. The number of fused-ring (bicyclic) bond motifs is 1. The van der Waals surface area contributed by atoms with E-state index in [2.05, 4.69) is 43.1 Å². The zero-order chi connectivity index (χ0) is 22.8. The van der Waals surface area contributed by atoms with Crippen molar-refractivity contribution in [3.8, 4) is 0 Å². The van der Waals surface area contributed by atoms with Crippen molar-refractivity contribution >= 4 is 17.5 Å². The van der Waals surface area contributed by atoms with Crippen LogP contribution in [-0.4, -0.2) is 47.3 Å². The highest BCUT2D eigenvalue weighted by molar-refractivity contribution is 5.91. The first kappa shape index (κ1) is 22.5. The molecule has 32 heavy (non-hydrogen) atoms. The van der Waals surface area contributed by atoms with Gasteiger partial charge < -0.3 is 10.2 Å². The molecule has 1 N–H and O–H groups in total. The fourth-order valence-corrected chi connectivity index (χ4v) is 4.92. The van der Waals surface area contributed by atoms with Gasteiger partial charge >= 0.3 is 0 Å². The third-order valence-electron chi connectivity index (χ3n) is 7.21. The van der Waals surface area contributed by atoms with Crippen molar-refractivity contribution in [1.82, 2.24) is 9.80 Å². The van der Waals surface area contributed by atoms with E-state index in [9.17, 15) is 9.59 Å². The second kappa shape index (κ2) is 9.45. The Kier molecular flexibility index (Phi) is 6.66. The van der Waals surface area contributed by atoms with Crippen LogP contribution >= 0.6 is 0 Å². The van der Waals surface area contributed by atoms with Gasteiger partial charge in [0, 0.05) is 31.7 Å². The van der Waals surface area contributed by atoms with Gasteiger partial charge in [0.05, 0.1) is 6.04 Å². The van der Waals surface area contributed by atoms with Gasteiger partial charge in [0.2, 0.25) is 11.8 Å². The van der Waals surface area contributed by atoms with Gasteiger partial charge in [-0.2, -0.15) is 0 Å². The Labute approximate surface area is 191 Å². The van der Waals surface area contributed by atoms with Crippen molar-refractivity contribution in [2.45, 2.75) is 66.0 Å². The molecule has 0 saturated carbocycles. The van der Waals surface area contributed by atoms with Gasteiger partial charge in [0.1, 0.15) is 0 Å². The van der Waals surface area contributed by atoms with Crippen LogP contribution in [0.15, 0.2) is 30.3 Å². The molecule has 2 aromatic rings. The molecule has 0 radical (unpaired) electrons. The zero-order valence-electron chi connectivity index (χ0n) is 19.8. The number of benzene rings is 2. The molecule has 2 amide bonds. The smallest absolute Gasteiger partial charge is 0.240 e. The number of hydrogen-bond acceptors (Lipinski definition) is 3. The number of hydrogen-bond donors (Lipinski definition) is 1. The topological polar surface area (TPSA) is 52.7 Å². The van der Waals surface area contributed by atoms with Gasteiger partial charge in [0.25, 0.3) is 0 Å². The minimum Gasteiger partial charge on any atom is -0.337 e. The molecular weight excluding hydrogens is 398 g/mol. The summed E-state index contributed by atoms with van der Waals surface area (Å²) in [4.78, 5) is 30.1. The van der Waals surface area contributed by atoms with Crippen LogP contribution in [0.25, 0.3) is 0 Å². The number of amides is 2. The predicted molar refractivity (Wildman–Crippen MR) is 129 cm³/mol. The maximum Gasteiger partial charge on any atom is 0.240 e. The SMILES string of the molecule is Cc1ccc(NC(=O)CCN2CCC[C@H]2C(=O)N2CCc3cc(C)c(C)cc3C2)cc1C. The molecule has 0 aliphatic carbocycles. The highest BCUT2D eigenvalue weighted by atomic mass is 16.2. The third kappa shape index (κ3) is 4.88. The number of anilines is 1. The number of rotatable bonds is 5. The Morgan fingerprint density at radius 1 is 0.938 bits per heavy atom. The second-order valence-corrected chi connectivity index (χ2v) is 9.51. The van der Waals surface area contributed by atoms with E-state index in [1.807, 2.05) is 30.0 Å². The van der Waals surface area contributed by atoms with Crippen LogP contribution in [0, 0.1) is 27.7 Å². The minimum absolute atomic E-state index is 0.00379. The van der Waals surface area contributed by atoms with Crippen molar-refractivity contribution in [2.75, 3.05) is 25.0 Å². The van der Waals surface area contributed by atoms with E-state index in [-0.39, 0.29) is 17.9 Å². The van der Waals surface area contributed by atoms with Gasteiger partial charge in [-0.05, 0) is 99.0 Å². The van der Waals surface area contributed by atoms with Gasteiger partial charge in [-0.3, -0.25) is 14.5 Å². The Bertz CT molecular complexity index is 1030. The molecule has 4 rings (SSSR count). The molecule has 2 aliphatic rings. The molecular formula is C27H35N3O2. The predicted octanol–water partition coefficient (Wildman–Crippen LogP) is 4.30. The summed E-state index contributed by atoms with van der Waals surface area (Å²) in [5.41, 5.74) is 8.49. The summed E-state index contributed by atoms with van der Waals surface area (Å²) in [6.07, 6.45) is 3.22. The molecule has 5 heteroatoms. The van der Waals surface area contributed by atoms with E-state index in [4.69, 9.17) is 0 Å². The maximum absolute atomic E-state index is 13.4. The number of nitrogens with one attached hydrogen (secondary N) is 1. The molecule has 1 atom stereocenters. The van der Waals surface area contributed by atoms with Gasteiger partial charge in [-0.25, -0.2) is 0 Å². The first-order valence-corrected chi connectivity index (χ1v) is 11.8. The minimum atomic E-state index is -0.0995. The molecule has 2 heterocycles. The van der Waals surface area contributed by atoms with Crippen molar-refractivity contribution in [3.05, 3.63) is 63.7 Å². The number of carbonyl (C=O) groups is 2. The van der Waals surface area contributed by atoms with Crippen LogP contribution < -0.4 is 5.32 Å². The van der Waals surface area contributed by atoms with Crippen LogP contribution in [0.5, 0.6) is 0 Å². The Balaban J connectivity index is 1.34. The molecule has 1 fully saturated rings. The lowest BCUT2D eigenvalue weighted by atomic mass is 9.94. The van der Waals surface area contributed by atoms with Crippen molar-refractivity contribution in [2.24, 2.45) is 0 Å². The van der Waals surface area contributed by atoms with Crippen LogP contribution in [0.2, 0.25) is 0 Å². The van der Waals surface area contributed by atoms with E-state index in [1.165, 1.54) is 33.4 Å². The fourth-order valence-electron chi connectivity index (χ4n) is 4.92. The van der Waals surface area contributed by atoms with Crippen LogP contribution in [-0.2, 0) is 22.6 Å². The van der Waals surface area contributed by atoms with Crippen molar-refractivity contribution in [3.63, 3.8) is 0 Å². The molecule has 0 bridgehead atoms. The molecule has 0 aromatic heterocycles. The average Bonchev–Trinajstić information content (AvgIpc) is 3.23. The quantitative estimate of drug-likeness (QED) is 0.765. The van der Waals surface area contributed by atoms with E-state index in [1.54, 1.807) is 0 Å². The maximum atomic E-state index is 13.4. The molecule has 0 unspecified atom stereocenters. The lowest BCUT2D eigenvalue weighted by molar-refractivity contribution is -0.137. The summed E-state index contributed by atoms with van der Waals surface area (Å²) in [5.74, 6) is 0.227. The summed E-state index contributed by atoms with van der Waals surface area (Å²) < 4.78 is 0. The van der Waals surface area contributed by atoms with Crippen molar-refractivity contribution < 1.29 is 9.59 Å². The largest absolute Gasteiger partial charge is 0.337 e. The molecule has 170 valence electrons. The summed E-state index contributed by atoms with van der Waals surface area (Å²) in [6.45, 7) is 11.4. The van der Waals surface area contributed by atoms with E-state index in [0.717, 1.165) is 38.0 Å². The standard InChI is InChI=1S/C27H35N3O2/c1-18-7-8-24(16-21(18)4)28-26(31)10-13-29-11-5-6-25(29)27(32)30-12-9-22-14-19(2)20(3)15-23(22)17-30/h7-8,14-16,25H,5-6,9-13,17H2,1-4H3,(H,28,31)/t25-/m0/s1. The Hall–Kier alpha value is -2.66. The Morgan fingerprint density at radius 2 is 1.66 bits per heavy atom. The van der Waals surface area contributed by atoms with E-state index in [0.29, 0.717) is 19.5 Å². The highest BCUT2D eigenvalue weighted by Gasteiger charge is 2.34. The molecule has 0 spiro atoms. The molecule has 1 saturated heterocycles. The van der Waals surface area contributed by atoms with Gasteiger partial charge in [-0.1, -0.05) is 18.2 Å². The molecule has 2 aromatic carbocycles. The van der Waals surface area contributed by atoms with Gasteiger partial charge in [0.15, 0.2) is 0 Å². The third-order valence-corrected chi connectivity index (χ3v) is 7.21. The lowest BCUT2D eigenvalue weighted by Gasteiger charge is -2.34. The van der Waals surface area contributed by atoms with E-state index < -0.39 is 0 Å². The second-order valence-electron chi connectivity index (χ2n) is 9.51. The normalized spacial score (nSPS) is 18.5. The number of carbonyl (C=O) groups excluding carboxylic acids is 2. The number of aryl methyl sites for hydroxylation is 4. The average molecular weight is 434 g/mol. The summed E-state index contributed by atoms with van der Waals surface area (Å²) in [7, 11) is 0. The summed E-state index contributed by atoms with van der Waals surface area (Å²) in [5, 5.41) is 3.00. The van der Waals surface area contributed by atoms with Crippen LogP contribution in [0.4, 0.5) is 5.69 Å². The highest BCUT2D eigenvalue weighted by Crippen LogP contribution is 2.26. The Morgan fingerprint density at radius 3 is 2.41 bits per heavy atom. The lowest BCUT2D eigenvalue weighted by Crippen LogP contribution is -2.47. The summed E-state index contributed by atoms with van der Waals surface area (Å²) >= 11 is 0. The first-order chi connectivity index (χ1) is 15.3. The van der Waals surface area contributed by atoms with Gasteiger partial charge in [-0.15, -0.1) is 0 Å². The number of nitrogens with zero attached hydrogens (tertiary/aromatic N) is 2. The van der Waals surface area contributed by atoms with Crippen LogP contribution in [0.3, 0.4) is 0 Å². The van der Waals surface area contributed by atoms with E-state index >= 15 is 0 Å². The fraction of sp³-hybridized carbons (Fsp3) is 0.481. The monoisotopic (exact) mass is 433 g/mol. The summed E-state index contributed by atoms with van der Waals surface area (Å²) in [6, 6.07) is 10.4. The molecule has 2 aliphatic heterocycles. The number of likely N-dealkylation sites (tertiary alicyclic amines) is 1. The zero-order valence-corrected chi connectivity index (χ0v) is 19.8.